The molecule has 0 saturated carbocycles. The van der Waals surface area contributed by atoms with E-state index in [1.807, 2.05) is 0 Å². The number of ketones is 1. The molecule has 0 bridgehead atoms. The molecule has 1 nitrogen and oxygen atoms in total. The molecule has 0 amide bonds. The molecule has 2 rings (SSSR count). The smallest absolute Gasteiger partial charge is 0.200 e. The Hall–Kier alpha value is -1.81. The summed E-state index contributed by atoms with van der Waals surface area (Å²) in [4.78, 5) is 12.0. The van der Waals surface area contributed by atoms with Crippen LogP contribution in [-0.2, 0) is 0 Å². The minimum Gasteiger partial charge on any atom is -0.288 e. The Morgan fingerprint density at radius 2 is 1.63 bits per heavy atom. The molecule has 0 atom stereocenters. The van der Waals surface area contributed by atoms with Crippen LogP contribution in [0.25, 0.3) is 0 Å². The Bertz CT molecular complexity index is 645. The molecular formula is C14H8ClF3O. The van der Waals surface area contributed by atoms with Gasteiger partial charge in [-0.2, -0.15) is 0 Å². The lowest BCUT2D eigenvalue weighted by atomic mass is 10.0. The summed E-state index contributed by atoms with van der Waals surface area (Å²) in [6.07, 6.45) is 0. The van der Waals surface area contributed by atoms with Gasteiger partial charge in [0.25, 0.3) is 0 Å². The van der Waals surface area contributed by atoms with Gasteiger partial charge in [0.15, 0.2) is 5.78 Å². The average molecular weight is 285 g/mol. The van der Waals surface area contributed by atoms with E-state index in [1.165, 1.54) is 12.1 Å². The number of hydrogen-bond acceptors (Lipinski definition) is 1. The fourth-order valence-electron chi connectivity index (χ4n) is 1.70. The Morgan fingerprint density at radius 1 is 1.05 bits per heavy atom. The van der Waals surface area contributed by atoms with Crippen LogP contribution in [0.5, 0.6) is 0 Å². The Kier molecular flexibility index (Phi) is 3.62. The summed E-state index contributed by atoms with van der Waals surface area (Å²) in [6, 6.07) is 5.39. The molecule has 0 radical (unpaired) electrons. The van der Waals surface area contributed by atoms with Crippen molar-refractivity contribution in [3.63, 3.8) is 0 Å². The summed E-state index contributed by atoms with van der Waals surface area (Å²) in [5.74, 6) is -4.50. The van der Waals surface area contributed by atoms with Crippen LogP contribution in [0.3, 0.4) is 0 Å². The minimum atomic E-state index is -1.25. The van der Waals surface area contributed by atoms with E-state index >= 15 is 0 Å². The largest absolute Gasteiger partial charge is 0.288 e. The third-order valence-corrected chi connectivity index (χ3v) is 2.92. The molecule has 0 aliphatic carbocycles. The highest BCUT2D eigenvalue weighted by atomic mass is 35.5. The van der Waals surface area contributed by atoms with Crippen molar-refractivity contribution in [1.82, 2.24) is 0 Å². The molecule has 0 spiro atoms. The summed E-state index contributed by atoms with van der Waals surface area (Å²) in [7, 11) is 0. The van der Waals surface area contributed by atoms with E-state index in [0.29, 0.717) is 12.1 Å². The zero-order valence-electron chi connectivity index (χ0n) is 9.81. The molecule has 0 aliphatic rings. The van der Waals surface area contributed by atoms with Crippen LogP contribution in [0, 0.1) is 24.4 Å². The van der Waals surface area contributed by atoms with Crippen molar-refractivity contribution >= 4 is 17.4 Å². The SMILES string of the molecule is Cc1ccc(C(=O)c2c(F)cc(F)cc2F)c(Cl)c1. The highest BCUT2D eigenvalue weighted by Crippen LogP contribution is 2.24. The Labute approximate surface area is 112 Å². The maximum absolute atomic E-state index is 13.5. The number of halogens is 4. The topological polar surface area (TPSA) is 17.1 Å². The second-order valence-corrected chi connectivity index (χ2v) is 4.46. The van der Waals surface area contributed by atoms with E-state index in [0.717, 1.165) is 5.56 Å². The molecule has 19 heavy (non-hydrogen) atoms. The number of carbonyl (C=O) groups excluding carboxylic acids is 1. The fraction of sp³-hybridized carbons (Fsp3) is 0.0714. The predicted molar refractivity (Wildman–Crippen MR) is 65.9 cm³/mol. The van der Waals surface area contributed by atoms with Gasteiger partial charge < -0.3 is 0 Å². The molecule has 0 heterocycles. The van der Waals surface area contributed by atoms with E-state index in [-0.39, 0.29) is 10.6 Å². The Morgan fingerprint density at radius 3 is 2.16 bits per heavy atom. The molecule has 0 aromatic heterocycles. The van der Waals surface area contributed by atoms with Crippen molar-refractivity contribution in [3.05, 3.63) is 69.5 Å². The first-order chi connectivity index (χ1) is 8.90. The third kappa shape index (κ3) is 2.63. The van der Waals surface area contributed by atoms with Gasteiger partial charge in [-0.1, -0.05) is 17.7 Å². The highest BCUT2D eigenvalue weighted by molar-refractivity contribution is 6.35. The lowest BCUT2D eigenvalue weighted by Gasteiger charge is -2.07. The highest BCUT2D eigenvalue weighted by Gasteiger charge is 2.22. The molecule has 2 aromatic carbocycles. The summed E-state index contributed by atoms with van der Waals surface area (Å²) in [5, 5.41) is 0.0909. The molecule has 0 saturated heterocycles. The minimum absolute atomic E-state index is 0.0309. The summed E-state index contributed by atoms with van der Waals surface area (Å²) >= 11 is 5.87. The van der Waals surface area contributed by atoms with Gasteiger partial charge in [0.05, 0.1) is 10.6 Å². The van der Waals surface area contributed by atoms with Gasteiger partial charge in [0, 0.05) is 17.7 Å². The first-order valence-corrected chi connectivity index (χ1v) is 5.73. The number of aryl methyl sites for hydroxylation is 1. The van der Waals surface area contributed by atoms with E-state index < -0.39 is 28.8 Å². The monoisotopic (exact) mass is 284 g/mol. The summed E-state index contributed by atoms with van der Waals surface area (Å²) in [6.45, 7) is 1.76. The fourth-order valence-corrected chi connectivity index (χ4v) is 2.02. The number of carbonyl (C=O) groups is 1. The lowest BCUT2D eigenvalue weighted by Crippen LogP contribution is -2.09. The van der Waals surface area contributed by atoms with Crippen LogP contribution in [-0.4, -0.2) is 5.78 Å². The first-order valence-electron chi connectivity index (χ1n) is 5.35. The van der Waals surface area contributed by atoms with E-state index in [4.69, 9.17) is 11.6 Å². The quantitative estimate of drug-likeness (QED) is 0.752. The van der Waals surface area contributed by atoms with Crippen molar-refractivity contribution in [2.45, 2.75) is 6.92 Å². The molecule has 0 N–H and O–H groups in total. The van der Waals surface area contributed by atoms with Crippen LogP contribution >= 0.6 is 11.6 Å². The predicted octanol–water partition coefficient (Wildman–Crippen LogP) is 4.30. The van der Waals surface area contributed by atoms with E-state index in [2.05, 4.69) is 0 Å². The maximum Gasteiger partial charge on any atom is 0.200 e. The van der Waals surface area contributed by atoms with Gasteiger partial charge in [-0.05, 0) is 24.6 Å². The maximum atomic E-state index is 13.5. The molecule has 98 valence electrons. The third-order valence-electron chi connectivity index (χ3n) is 2.60. The van der Waals surface area contributed by atoms with E-state index in [1.54, 1.807) is 13.0 Å². The molecule has 2 aromatic rings. The van der Waals surface area contributed by atoms with Crippen LogP contribution in [0.2, 0.25) is 5.02 Å². The van der Waals surface area contributed by atoms with Crippen LogP contribution in [0.4, 0.5) is 13.2 Å². The zero-order chi connectivity index (χ0) is 14.2. The van der Waals surface area contributed by atoms with Crippen molar-refractivity contribution in [3.8, 4) is 0 Å². The van der Waals surface area contributed by atoms with Crippen LogP contribution < -0.4 is 0 Å². The van der Waals surface area contributed by atoms with Crippen molar-refractivity contribution in [2.75, 3.05) is 0 Å². The van der Waals surface area contributed by atoms with Gasteiger partial charge in [0.2, 0.25) is 0 Å². The summed E-state index contributed by atoms with van der Waals surface area (Å²) in [5.41, 5.74) is -0.0366. The Balaban J connectivity index is 2.56. The second-order valence-electron chi connectivity index (χ2n) is 4.06. The van der Waals surface area contributed by atoms with Gasteiger partial charge in [0.1, 0.15) is 17.5 Å². The van der Waals surface area contributed by atoms with E-state index in [9.17, 15) is 18.0 Å². The molecule has 0 aliphatic heterocycles. The van der Waals surface area contributed by atoms with Crippen molar-refractivity contribution in [2.24, 2.45) is 0 Å². The number of rotatable bonds is 2. The standard InChI is InChI=1S/C14H8ClF3O/c1-7-2-3-9(10(15)4-7)14(19)13-11(17)5-8(16)6-12(13)18/h2-6H,1H3. The van der Waals surface area contributed by atoms with Gasteiger partial charge in [-0.25, -0.2) is 13.2 Å². The van der Waals surface area contributed by atoms with Crippen molar-refractivity contribution in [1.29, 1.82) is 0 Å². The van der Waals surface area contributed by atoms with Crippen molar-refractivity contribution < 1.29 is 18.0 Å². The molecular weight excluding hydrogens is 277 g/mol. The van der Waals surface area contributed by atoms with Crippen LogP contribution in [0.1, 0.15) is 21.5 Å². The number of benzene rings is 2. The zero-order valence-corrected chi connectivity index (χ0v) is 10.6. The second kappa shape index (κ2) is 5.05. The van der Waals surface area contributed by atoms with Crippen LogP contribution in [0.15, 0.2) is 30.3 Å². The first kappa shape index (κ1) is 13.6. The normalized spacial score (nSPS) is 10.6. The molecule has 5 heteroatoms. The lowest BCUT2D eigenvalue weighted by molar-refractivity contribution is 0.103. The van der Waals surface area contributed by atoms with Gasteiger partial charge >= 0.3 is 0 Å². The average Bonchev–Trinajstić information content (AvgIpc) is 2.26. The number of hydrogen-bond donors (Lipinski definition) is 0. The molecule has 0 unspecified atom stereocenters. The molecule has 0 fully saturated rings. The van der Waals surface area contributed by atoms with Gasteiger partial charge in [-0.3, -0.25) is 4.79 Å². The summed E-state index contributed by atoms with van der Waals surface area (Å²) < 4.78 is 39.8. The van der Waals surface area contributed by atoms with Gasteiger partial charge in [-0.15, -0.1) is 0 Å².